The number of amides is 3. The predicted octanol–water partition coefficient (Wildman–Crippen LogP) is -1.17. The molecular weight excluding hydrogens is 294 g/mol. The van der Waals surface area contributed by atoms with Crippen LogP contribution in [0.4, 0.5) is 4.79 Å². The van der Waals surface area contributed by atoms with Crippen LogP contribution in [-0.4, -0.2) is 60.6 Å². The number of nitrogens with one attached hydrogen (secondary N) is 1. The molecule has 2 bridgehead atoms. The van der Waals surface area contributed by atoms with Crippen LogP contribution in [0.3, 0.4) is 0 Å². The van der Waals surface area contributed by atoms with Crippen molar-refractivity contribution in [2.24, 2.45) is 0 Å². The first-order valence-corrected chi connectivity index (χ1v) is 6.89. The van der Waals surface area contributed by atoms with Crippen LogP contribution in [-0.2, 0) is 24.3 Å². The number of hydrogen-bond donors (Lipinski definition) is 2. The Labute approximate surface area is 114 Å². The maximum Gasteiger partial charge on any atom is 0.418 e. The average Bonchev–Trinajstić information content (AvgIpc) is 2.53. The lowest BCUT2D eigenvalue weighted by atomic mass is 10.0. The third-order valence-electron chi connectivity index (χ3n) is 2.94. The molecule has 2 rings (SSSR count). The fourth-order valence-electron chi connectivity index (χ4n) is 2.29. The normalized spacial score (nSPS) is 25.8. The Hall–Kier alpha value is -1.69. The molecule has 2 heterocycles. The molecule has 1 fully saturated rings. The minimum Gasteiger partial charge on any atom is -0.304 e. The molecule has 0 aromatic heterocycles. The number of carbonyl (C=O) groups is 2. The van der Waals surface area contributed by atoms with Gasteiger partial charge in [-0.2, -0.15) is 13.5 Å². The number of nitrogens with zero attached hydrogens (tertiary/aromatic N) is 2. The Morgan fingerprint density at radius 2 is 2.20 bits per heavy atom. The molecule has 0 aliphatic carbocycles. The van der Waals surface area contributed by atoms with Crippen molar-refractivity contribution in [2.45, 2.75) is 19.0 Å². The minimum absolute atomic E-state index is 0.0630. The van der Waals surface area contributed by atoms with Crippen LogP contribution in [0.15, 0.2) is 11.6 Å². The molecule has 1 saturated heterocycles. The van der Waals surface area contributed by atoms with Gasteiger partial charge in [-0.3, -0.25) is 14.2 Å². The van der Waals surface area contributed by atoms with Crippen LogP contribution in [0, 0.1) is 0 Å². The Balaban J connectivity index is 2.27. The molecule has 11 heteroatoms. The van der Waals surface area contributed by atoms with Crippen LogP contribution in [0.25, 0.3) is 0 Å². The summed E-state index contributed by atoms with van der Waals surface area (Å²) >= 11 is 0. The summed E-state index contributed by atoms with van der Waals surface area (Å²) in [6, 6.07) is -2.46. The molecule has 0 radical (unpaired) electrons. The zero-order valence-electron chi connectivity index (χ0n) is 10.6. The SMILES string of the molecule is CONC(=O)[C@@H]1C(C)=C[C@@H]2CN1C(=O)N2OS(=O)(=O)O. The summed E-state index contributed by atoms with van der Waals surface area (Å²) in [5.74, 6) is -0.568. The average molecular weight is 307 g/mol. The molecule has 0 spiro atoms. The monoisotopic (exact) mass is 307 g/mol. The van der Waals surface area contributed by atoms with E-state index in [-0.39, 0.29) is 6.54 Å². The second-order valence-electron chi connectivity index (χ2n) is 4.31. The van der Waals surface area contributed by atoms with E-state index in [0.29, 0.717) is 10.6 Å². The Bertz CT molecular complexity index is 572. The van der Waals surface area contributed by atoms with E-state index in [2.05, 4.69) is 14.6 Å². The lowest BCUT2D eigenvalue weighted by Gasteiger charge is -2.28. The number of carbonyl (C=O) groups excluding carboxylic acids is 2. The summed E-state index contributed by atoms with van der Waals surface area (Å²) in [5.41, 5.74) is 2.64. The number of fused-ring (bicyclic) bond motifs is 2. The molecule has 2 aliphatic rings. The zero-order chi connectivity index (χ0) is 15.1. The highest BCUT2D eigenvalue weighted by Crippen LogP contribution is 2.29. The van der Waals surface area contributed by atoms with Crippen molar-refractivity contribution in [3.63, 3.8) is 0 Å². The molecule has 20 heavy (non-hydrogen) atoms. The lowest BCUT2D eigenvalue weighted by molar-refractivity contribution is -0.134. The van der Waals surface area contributed by atoms with Crippen molar-refractivity contribution in [2.75, 3.05) is 13.7 Å². The first kappa shape index (κ1) is 14.7. The van der Waals surface area contributed by atoms with Gasteiger partial charge in [0, 0.05) is 0 Å². The molecule has 2 N–H and O–H groups in total. The van der Waals surface area contributed by atoms with E-state index < -0.39 is 34.4 Å². The molecule has 0 aromatic rings. The Kier molecular flexibility index (Phi) is 3.69. The first-order chi connectivity index (χ1) is 9.24. The van der Waals surface area contributed by atoms with Crippen LogP contribution in [0.5, 0.6) is 0 Å². The van der Waals surface area contributed by atoms with Crippen molar-refractivity contribution < 1.29 is 31.7 Å². The topological polar surface area (TPSA) is 125 Å². The van der Waals surface area contributed by atoms with Gasteiger partial charge in [-0.05, 0) is 12.5 Å². The molecule has 0 saturated carbocycles. The fourth-order valence-corrected chi connectivity index (χ4v) is 2.67. The highest BCUT2D eigenvalue weighted by atomic mass is 32.3. The van der Waals surface area contributed by atoms with E-state index in [0.717, 1.165) is 4.90 Å². The van der Waals surface area contributed by atoms with Crippen molar-refractivity contribution >= 4 is 22.3 Å². The van der Waals surface area contributed by atoms with Crippen LogP contribution in [0.1, 0.15) is 6.92 Å². The van der Waals surface area contributed by atoms with Gasteiger partial charge < -0.3 is 4.90 Å². The standard InChI is InChI=1S/C9H13N3O7S/c1-5-3-6-4-11(7(5)8(13)10-18-2)9(14)12(6)19-20(15,16)17/h3,6-7H,4H2,1-2H3,(H,10,13)(H,15,16,17)/t6-,7+/m1/s1. The predicted molar refractivity (Wildman–Crippen MR) is 63.1 cm³/mol. The van der Waals surface area contributed by atoms with E-state index in [1.165, 1.54) is 13.2 Å². The van der Waals surface area contributed by atoms with Crippen LogP contribution < -0.4 is 5.48 Å². The molecule has 0 unspecified atom stereocenters. The molecular formula is C9H13N3O7S. The summed E-state index contributed by atoms with van der Waals surface area (Å²) in [5, 5.41) is 0.513. The van der Waals surface area contributed by atoms with Crippen molar-refractivity contribution in [1.29, 1.82) is 0 Å². The highest BCUT2D eigenvalue weighted by Gasteiger charge is 2.48. The summed E-state index contributed by atoms with van der Waals surface area (Å²) in [6.45, 7) is 1.68. The highest BCUT2D eigenvalue weighted by molar-refractivity contribution is 7.80. The number of rotatable bonds is 4. The number of hydroxylamine groups is 3. The number of hydrogen-bond acceptors (Lipinski definition) is 6. The second-order valence-corrected chi connectivity index (χ2v) is 5.32. The van der Waals surface area contributed by atoms with E-state index >= 15 is 0 Å². The van der Waals surface area contributed by atoms with E-state index in [1.807, 2.05) is 0 Å². The van der Waals surface area contributed by atoms with Gasteiger partial charge in [-0.25, -0.2) is 10.3 Å². The van der Waals surface area contributed by atoms with E-state index in [9.17, 15) is 18.0 Å². The summed E-state index contributed by atoms with van der Waals surface area (Å²) in [6.07, 6.45) is 1.52. The number of urea groups is 1. The van der Waals surface area contributed by atoms with Crippen LogP contribution >= 0.6 is 0 Å². The quantitative estimate of drug-likeness (QED) is 0.381. The van der Waals surface area contributed by atoms with Gasteiger partial charge in [0.25, 0.3) is 5.91 Å². The van der Waals surface area contributed by atoms with Gasteiger partial charge >= 0.3 is 16.4 Å². The summed E-state index contributed by atoms with van der Waals surface area (Å²) < 4.78 is 34.3. The van der Waals surface area contributed by atoms with Gasteiger partial charge in [0.05, 0.1) is 19.7 Å². The third kappa shape index (κ3) is 2.60. The maximum atomic E-state index is 12.0. The van der Waals surface area contributed by atoms with Gasteiger partial charge in [0.1, 0.15) is 6.04 Å². The first-order valence-electron chi connectivity index (χ1n) is 5.52. The molecule has 3 amide bonds. The van der Waals surface area contributed by atoms with Gasteiger partial charge in [0.15, 0.2) is 0 Å². The molecule has 112 valence electrons. The lowest BCUT2D eigenvalue weighted by Crippen LogP contribution is -2.49. The molecule has 2 aliphatic heterocycles. The minimum atomic E-state index is -4.82. The maximum absolute atomic E-state index is 12.0. The van der Waals surface area contributed by atoms with Gasteiger partial charge in [-0.1, -0.05) is 6.08 Å². The third-order valence-corrected chi connectivity index (χ3v) is 3.29. The molecule has 2 atom stereocenters. The largest absolute Gasteiger partial charge is 0.418 e. The fraction of sp³-hybridized carbons (Fsp3) is 0.556. The van der Waals surface area contributed by atoms with Crippen LogP contribution in [0.2, 0.25) is 0 Å². The van der Waals surface area contributed by atoms with Crippen molar-refractivity contribution in [1.82, 2.24) is 15.4 Å². The van der Waals surface area contributed by atoms with Gasteiger partial charge in [-0.15, -0.1) is 4.28 Å². The molecule has 0 aromatic carbocycles. The Morgan fingerprint density at radius 3 is 2.75 bits per heavy atom. The summed E-state index contributed by atoms with van der Waals surface area (Å²) in [7, 11) is -3.57. The van der Waals surface area contributed by atoms with Crippen molar-refractivity contribution in [3.8, 4) is 0 Å². The Morgan fingerprint density at radius 1 is 1.55 bits per heavy atom. The summed E-state index contributed by atoms with van der Waals surface area (Å²) in [4.78, 5) is 29.5. The molecule has 10 nitrogen and oxygen atoms in total. The van der Waals surface area contributed by atoms with Gasteiger partial charge in [0.2, 0.25) is 0 Å². The van der Waals surface area contributed by atoms with E-state index in [1.54, 1.807) is 6.92 Å². The second kappa shape index (κ2) is 5.01. The van der Waals surface area contributed by atoms with E-state index in [4.69, 9.17) is 4.55 Å². The van der Waals surface area contributed by atoms with Crippen molar-refractivity contribution in [3.05, 3.63) is 11.6 Å². The smallest absolute Gasteiger partial charge is 0.304 e. The zero-order valence-corrected chi connectivity index (χ0v) is 11.5.